The summed E-state index contributed by atoms with van der Waals surface area (Å²) in [6.45, 7) is -0.0878. The highest BCUT2D eigenvalue weighted by molar-refractivity contribution is 6.02. The molecule has 1 aromatic carbocycles. The Bertz CT molecular complexity index is 653. The fourth-order valence-electron chi connectivity index (χ4n) is 3.08. The van der Waals surface area contributed by atoms with Crippen molar-refractivity contribution >= 4 is 17.5 Å². The van der Waals surface area contributed by atoms with Gasteiger partial charge in [0.25, 0.3) is 5.92 Å². The Kier molecular flexibility index (Phi) is 4.40. The second-order valence-corrected chi connectivity index (χ2v) is 6.01. The molecule has 6 nitrogen and oxygen atoms in total. The van der Waals surface area contributed by atoms with Crippen molar-refractivity contribution in [3.63, 3.8) is 0 Å². The molecular weight excluding hydrogens is 320 g/mol. The molecule has 1 aromatic rings. The van der Waals surface area contributed by atoms with Gasteiger partial charge in [-0.15, -0.1) is 0 Å². The molecule has 130 valence electrons. The molecule has 0 bridgehead atoms. The Hall–Kier alpha value is -2.22. The molecule has 2 unspecified atom stereocenters. The number of amides is 2. The Balaban J connectivity index is 1.65. The maximum absolute atomic E-state index is 13.2. The zero-order valence-corrected chi connectivity index (χ0v) is 13.2. The number of nitrogens with zero attached hydrogens (tertiary/aromatic N) is 1. The third-order valence-corrected chi connectivity index (χ3v) is 4.32. The zero-order valence-electron chi connectivity index (χ0n) is 13.2. The van der Waals surface area contributed by atoms with Crippen molar-refractivity contribution in [1.82, 2.24) is 10.6 Å². The minimum absolute atomic E-state index is 0.266. The molecule has 0 saturated carbocycles. The lowest BCUT2D eigenvalue weighted by Gasteiger charge is -2.20. The standard InChI is InChI=1S/C16H19F2N3O3/c1-24-13-5-3-2-4-12(13)21-7-6-10(15(21)23)20-14(22)11-8-16(17,18)9-19-11/h2-5,10-11,19H,6-9H2,1H3,(H,20,22). The fourth-order valence-corrected chi connectivity index (χ4v) is 3.08. The summed E-state index contributed by atoms with van der Waals surface area (Å²) in [5.41, 5.74) is 0.632. The zero-order chi connectivity index (χ0) is 17.3. The normalized spacial score (nSPS) is 25.8. The van der Waals surface area contributed by atoms with Gasteiger partial charge in [0.2, 0.25) is 11.8 Å². The lowest BCUT2D eigenvalue weighted by atomic mass is 10.1. The Labute approximate surface area is 138 Å². The van der Waals surface area contributed by atoms with Crippen LogP contribution >= 0.6 is 0 Å². The molecule has 2 atom stereocenters. The number of rotatable bonds is 4. The van der Waals surface area contributed by atoms with Gasteiger partial charge in [0.05, 0.1) is 25.4 Å². The summed E-state index contributed by atoms with van der Waals surface area (Å²) in [6.07, 6.45) is -0.123. The highest BCUT2D eigenvalue weighted by atomic mass is 19.3. The molecule has 0 aromatic heterocycles. The summed E-state index contributed by atoms with van der Waals surface area (Å²) >= 11 is 0. The molecule has 0 spiro atoms. The van der Waals surface area contributed by atoms with Gasteiger partial charge in [-0.3, -0.25) is 14.9 Å². The topological polar surface area (TPSA) is 70.7 Å². The van der Waals surface area contributed by atoms with Gasteiger partial charge in [-0.25, -0.2) is 8.78 Å². The minimum atomic E-state index is -2.88. The van der Waals surface area contributed by atoms with E-state index in [1.54, 1.807) is 29.2 Å². The van der Waals surface area contributed by atoms with Gasteiger partial charge in [-0.05, 0) is 18.6 Å². The monoisotopic (exact) mass is 339 g/mol. The average Bonchev–Trinajstić information content (AvgIpc) is 3.10. The van der Waals surface area contributed by atoms with Crippen molar-refractivity contribution in [3.8, 4) is 5.75 Å². The number of halogens is 2. The van der Waals surface area contributed by atoms with Crippen LogP contribution in [0.25, 0.3) is 0 Å². The number of carbonyl (C=O) groups excluding carboxylic acids is 2. The second-order valence-electron chi connectivity index (χ2n) is 6.01. The van der Waals surface area contributed by atoms with Crippen LogP contribution in [0.2, 0.25) is 0 Å². The van der Waals surface area contributed by atoms with Gasteiger partial charge < -0.3 is 15.0 Å². The largest absolute Gasteiger partial charge is 0.495 e. The van der Waals surface area contributed by atoms with Gasteiger partial charge >= 0.3 is 0 Å². The van der Waals surface area contributed by atoms with E-state index in [-0.39, 0.29) is 5.91 Å². The molecule has 2 aliphatic rings. The van der Waals surface area contributed by atoms with Gasteiger partial charge in [-0.2, -0.15) is 0 Å². The van der Waals surface area contributed by atoms with Gasteiger partial charge in [0, 0.05) is 13.0 Å². The van der Waals surface area contributed by atoms with E-state index in [0.29, 0.717) is 24.4 Å². The Morgan fingerprint density at radius 1 is 1.42 bits per heavy atom. The van der Waals surface area contributed by atoms with Crippen molar-refractivity contribution in [2.45, 2.75) is 30.8 Å². The van der Waals surface area contributed by atoms with Crippen LogP contribution in [0.4, 0.5) is 14.5 Å². The van der Waals surface area contributed by atoms with Crippen molar-refractivity contribution in [2.75, 3.05) is 25.1 Å². The first-order valence-electron chi connectivity index (χ1n) is 7.77. The van der Waals surface area contributed by atoms with Crippen molar-refractivity contribution in [1.29, 1.82) is 0 Å². The van der Waals surface area contributed by atoms with E-state index in [0.717, 1.165) is 0 Å². The molecule has 8 heteroatoms. The van der Waals surface area contributed by atoms with Crippen molar-refractivity contribution in [2.24, 2.45) is 0 Å². The van der Waals surface area contributed by atoms with Crippen LogP contribution in [0.1, 0.15) is 12.8 Å². The van der Waals surface area contributed by atoms with E-state index in [1.165, 1.54) is 7.11 Å². The second kappa shape index (κ2) is 6.35. The average molecular weight is 339 g/mol. The first kappa shape index (κ1) is 16.6. The molecule has 2 amide bonds. The fraction of sp³-hybridized carbons (Fsp3) is 0.500. The highest BCUT2D eigenvalue weighted by Gasteiger charge is 2.44. The number of nitrogens with one attached hydrogen (secondary N) is 2. The molecular formula is C16H19F2N3O3. The third kappa shape index (κ3) is 3.19. The number of ether oxygens (including phenoxy) is 1. The summed E-state index contributed by atoms with van der Waals surface area (Å²) in [5.74, 6) is -3.15. The highest BCUT2D eigenvalue weighted by Crippen LogP contribution is 2.31. The Morgan fingerprint density at radius 3 is 2.83 bits per heavy atom. The molecule has 2 heterocycles. The number of carbonyl (C=O) groups is 2. The first-order chi connectivity index (χ1) is 11.4. The lowest BCUT2D eigenvalue weighted by molar-refractivity contribution is -0.128. The van der Waals surface area contributed by atoms with Crippen molar-refractivity contribution < 1.29 is 23.1 Å². The number of para-hydroxylation sites is 2. The number of hydrogen-bond acceptors (Lipinski definition) is 4. The van der Waals surface area contributed by atoms with E-state index in [9.17, 15) is 18.4 Å². The molecule has 2 N–H and O–H groups in total. The van der Waals surface area contributed by atoms with Crippen LogP contribution in [0.5, 0.6) is 5.75 Å². The molecule has 0 aliphatic carbocycles. The van der Waals surface area contributed by atoms with Gasteiger partial charge in [0.15, 0.2) is 0 Å². The smallest absolute Gasteiger partial charge is 0.262 e. The molecule has 2 fully saturated rings. The number of alkyl halides is 2. The summed E-state index contributed by atoms with van der Waals surface area (Å²) in [7, 11) is 1.52. The quantitative estimate of drug-likeness (QED) is 0.856. The Morgan fingerprint density at radius 2 is 2.17 bits per heavy atom. The number of anilines is 1. The summed E-state index contributed by atoms with van der Waals surface area (Å²) < 4.78 is 31.6. The molecule has 0 radical (unpaired) electrons. The molecule has 24 heavy (non-hydrogen) atoms. The number of hydrogen-bond donors (Lipinski definition) is 2. The van der Waals surface area contributed by atoms with E-state index in [1.807, 2.05) is 0 Å². The molecule has 2 aliphatic heterocycles. The van der Waals surface area contributed by atoms with Crippen LogP contribution in [0, 0.1) is 0 Å². The van der Waals surface area contributed by atoms with E-state index in [2.05, 4.69) is 10.6 Å². The number of benzene rings is 1. The first-order valence-corrected chi connectivity index (χ1v) is 7.77. The van der Waals surface area contributed by atoms with Crippen LogP contribution in [0.15, 0.2) is 24.3 Å². The number of methoxy groups -OCH3 is 1. The predicted octanol–water partition coefficient (Wildman–Crippen LogP) is 0.914. The third-order valence-electron chi connectivity index (χ3n) is 4.32. The summed E-state index contributed by atoms with van der Waals surface area (Å²) in [4.78, 5) is 26.2. The van der Waals surface area contributed by atoms with Crippen LogP contribution in [-0.2, 0) is 9.59 Å². The van der Waals surface area contributed by atoms with E-state index in [4.69, 9.17) is 4.74 Å². The van der Waals surface area contributed by atoms with E-state index < -0.39 is 36.9 Å². The predicted molar refractivity (Wildman–Crippen MR) is 83.2 cm³/mol. The van der Waals surface area contributed by atoms with Crippen LogP contribution < -0.4 is 20.3 Å². The van der Waals surface area contributed by atoms with Gasteiger partial charge in [0.1, 0.15) is 11.8 Å². The maximum atomic E-state index is 13.2. The van der Waals surface area contributed by atoms with Crippen molar-refractivity contribution in [3.05, 3.63) is 24.3 Å². The summed E-state index contributed by atoms with van der Waals surface area (Å²) in [5, 5.41) is 5.07. The molecule has 2 saturated heterocycles. The van der Waals surface area contributed by atoms with Gasteiger partial charge in [-0.1, -0.05) is 12.1 Å². The minimum Gasteiger partial charge on any atom is -0.495 e. The summed E-state index contributed by atoms with van der Waals surface area (Å²) in [6, 6.07) is 5.43. The molecule has 3 rings (SSSR count). The lowest BCUT2D eigenvalue weighted by Crippen LogP contribution is -2.48. The van der Waals surface area contributed by atoms with E-state index >= 15 is 0 Å². The van der Waals surface area contributed by atoms with Crippen LogP contribution in [0.3, 0.4) is 0 Å². The maximum Gasteiger partial charge on any atom is 0.262 e. The van der Waals surface area contributed by atoms with Crippen LogP contribution in [-0.4, -0.2) is 50.0 Å². The SMILES string of the molecule is COc1ccccc1N1CCC(NC(=O)C2CC(F)(F)CN2)C1=O.